The lowest BCUT2D eigenvalue weighted by Gasteiger charge is -2.35. The highest BCUT2D eigenvalue weighted by Crippen LogP contribution is 2.31. The summed E-state index contributed by atoms with van der Waals surface area (Å²) in [6.45, 7) is 3.88. The number of sulfonamides is 1. The molecular formula is C20H22F4N2O3S. The highest BCUT2D eigenvalue weighted by atomic mass is 32.2. The average molecular weight is 446 g/mol. The third-order valence-electron chi connectivity index (χ3n) is 4.93. The van der Waals surface area contributed by atoms with Crippen LogP contribution in [-0.4, -0.2) is 46.2 Å². The van der Waals surface area contributed by atoms with Crippen molar-refractivity contribution in [1.82, 2.24) is 9.62 Å². The number of morpholine rings is 1. The van der Waals surface area contributed by atoms with E-state index in [9.17, 15) is 26.0 Å². The van der Waals surface area contributed by atoms with Crippen molar-refractivity contribution in [2.24, 2.45) is 0 Å². The van der Waals surface area contributed by atoms with Crippen LogP contribution >= 0.6 is 0 Å². The lowest BCUT2D eigenvalue weighted by atomic mass is 10.0. The number of nitrogens with zero attached hydrogens (tertiary/aromatic N) is 1. The summed E-state index contributed by atoms with van der Waals surface area (Å²) in [5, 5.41) is 0. The van der Waals surface area contributed by atoms with Crippen molar-refractivity contribution in [3.8, 4) is 0 Å². The third-order valence-corrected chi connectivity index (χ3v) is 6.37. The Morgan fingerprint density at radius 2 is 1.83 bits per heavy atom. The van der Waals surface area contributed by atoms with Gasteiger partial charge in [0.25, 0.3) is 0 Å². The molecule has 2 aromatic carbocycles. The van der Waals surface area contributed by atoms with E-state index in [4.69, 9.17) is 4.74 Å². The number of aryl methyl sites for hydroxylation is 1. The maximum atomic E-state index is 14.1. The van der Waals surface area contributed by atoms with E-state index < -0.39 is 32.5 Å². The van der Waals surface area contributed by atoms with Gasteiger partial charge in [-0.2, -0.15) is 13.2 Å². The van der Waals surface area contributed by atoms with Gasteiger partial charge in [0, 0.05) is 25.7 Å². The number of hydrogen-bond donors (Lipinski definition) is 1. The van der Waals surface area contributed by atoms with Crippen LogP contribution in [0.3, 0.4) is 0 Å². The summed E-state index contributed by atoms with van der Waals surface area (Å²) in [7, 11) is -4.51. The van der Waals surface area contributed by atoms with Gasteiger partial charge in [0.05, 0.1) is 18.8 Å². The zero-order valence-electron chi connectivity index (χ0n) is 16.2. The minimum atomic E-state index is -4.78. The molecule has 164 valence electrons. The molecule has 1 unspecified atom stereocenters. The molecule has 1 heterocycles. The summed E-state index contributed by atoms with van der Waals surface area (Å²) in [6, 6.07) is 8.48. The van der Waals surface area contributed by atoms with Crippen molar-refractivity contribution in [3.05, 3.63) is 65.0 Å². The van der Waals surface area contributed by atoms with Gasteiger partial charge < -0.3 is 4.74 Å². The van der Waals surface area contributed by atoms with Gasteiger partial charge in [-0.05, 0) is 30.7 Å². The fraction of sp³-hybridized carbons (Fsp3) is 0.400. The first kappa shape index (κ1) is 22.7. The Bertz CT molecular complexity index is 990. The molecule has 5 nitrogen and oxygen atoms in total. The summed E-state index contributed by atoms with van der Waals surface area (Å²) in [4.78, 5) is 1.01. The maximum absolute atomic E-state index is 14.1. The molecule has 1 fully saturated rings. The second kappa shape index (κ2) is 9.01. The molecule has 1 atom stereocenters. The number of alkyl halides is 3. The zero-order chi connectivity index (χ0) is 21.9. The van der Waals surface area contributed by atoms with Crippen molar-refractivity contribution in [1.29, 1.82) is 0 Å². The normalized spacial score (nSPS) is 17.1. The summed E-state index contributed by atoms with van der Waals surface area (Å²) in [6.07, 6.45) is -4.78. The molecule has 0 spiro atoms. The predicted molar refractivity (Wildman–Crippen MR) is 103 cm³/mol. The Hall–Kier alpha value is -2.01. The van der Waals surface area contributed by atoms with Gasteiger partial charge in [-0.3, -0.25) is 4.90 Å². The fourth-order valence-electron chi connectivity index (χ4n) is 3.38. The Morgan fingerprint density at radius 1 is 1.13 bits per heavy atom. The highest BCUT2D eigenvalue weighted by molar-refractivity contribution is 7.89. The van der Waals surface area contributed by atoms with Crippen molar-refractivity contribution < 1.29 is 30.7 Å². The monoisotopic (exact) mass is 446 g/mol. The van der Waals surface area contributed by atoms with Crippen LogP contribution in [0.2, 0.25) is 0 Å². The van der Waals surface area contributed by atoms with E-state index >= 15 is 0 Å². The minimum absolute atomic E-state index is 0.124. The van der Waals surface area contributed by atoms with Crippen molar-refractivity contribution in [3.63, 3.8) is 0 Å². The zero-order valence-corrected chi connectivity index (χ0v) is 17.1. The molecule has 0 saturated carbocycles. The van der Waals surface area contributed by atoms with Crippen molar-refractivity contribution in [2.45, 2.75) is 24.0 Å². The first-order chi connectivity index (χ1) is 14.1. The van der Waals surface area contributed by atoms with Crippen molar-refractivity contribution >= 4 is 10.0 Å². The third kappa shape index (κ3) is 5.37. The van der Waals surface area contributed by atoms with Crippen LogP contribution < -0.4 is 4.72 Å². The first-order valence-corrected chi connectivity index (χ1v) is 10.8. The molecule has 0 radical (unpaired) electrons. The number of halogens is 4. The fourth-order valence-corrected chi connectivity index (χ4v) is 4.52. The summed E-state index contributed by atoms with van der Waals surface area (Å²) in [5.74, 6) is -1.24. The molecule has 3 rings (SSSR count). The lowest BCUT2D eigenvalue weighted by molar-refractivity contribution is -0.137. The first-order valence-electron chi connectivity index (χ1n) is 9.33. The van der Waals surface area contributed by atoms with Gasteiger partial charge in [0.1, 0.15) is 10.7 Å². The molecule has 2 aromatic rings. The number of hydrogen-bond acceptors (Lipinski definition) is 4. The van der Waals surface area contributed by atoms with Crippen LogP contribution in [0.4, 0.5) is 17.6 Å². The Morgan fingerprint density at radius 3 is 2.47 bits per heavy atom. The maximum Gasteiger partial charge on any atom is 0.416 e. The minimum Gasteiger partial charge on any atom is -0.379 e. The second-order valence-corrected chi connectivity index (χ2v) is 8.81. The molecule has 0 aromatic heterocycles. The van der Waals surface area contributed by atoms with E-state index in [-0.39, 0.29) is 12.6 Å². The molecule has 10 heteroatoms. The lowest BCUT2D eigenvalue weighted by Crippen LogP contribution is -2.43. The van der Waals surface area contributed by atoms with E-state index in [1.165, 1.54) is 0 Å². The smallest absolute Gasteiger partial charge is 0.379 e. The molecular weight excluding hydrogens is 424 g/mol. The Kier molecular flexibility index (Phi) is 6.81. The van der Waals surface area contributed by atoms with E-state index in [1.54, 1.807) is 0 Å². The van der Waals surface area contributed by atoms with Gasteiger partial charge in [0.15, 0.2) is 0 Å². The topological polar surface area (TPSA) is 58.6 Å². The van der Waals surface area contributed by atoms with Crippen LogP contribution in [0.5, 0.6) is 0 Å². The van der Waals surface area contributed by atoms with E-state index in [2.05, 4.69) is 4.72 Å². The largest absolute Gasteiger partial charge is 0.416 e. The quantitative estimate of drug-likeness (QED) is 0.690. The highest BCUT2D eigenvalue weighted by Gasteiger charge is 2.33. The molecule has 1 saturated heterocycles. The molecule has 30 heavy (non-hydrogen) atoms. The van der Waals surface area contributed by atoms with Crippen LogP contribution in [0.1, 0.15) is 22.7 Å². The van der Waals surface area contributed by atoms with Gasteiger partial charge in [-0.1, -0.05) is 29.8 Å². The summed E-state index contributed by atoms with van der Waals surface area (Å²) < 4.78 is 85.9. The number of nitrogens with one attached hydrogen (secondary N) is 1. The number of rotatable bonds is 6. The Balaban J connectivity index is 1.87. The number of benzene rings is 2. The second-order valence-electron chi connectivity index (χ2n) is 7.07. The Labute approximate surface area is 172 Å². The van der Waals surface area contributed by atoms with Crippen LogP contribution in [0.25, 0.3) is 0 Å². The number of ether oxygens (including phenoxy) is 1. The SMILES string of the molecule is Cc1cccc(C(CNS(=O)(=O)c2cc(C(F)(F)F)ccc2F)N2CCOCC2)c1. The molecule has 0 bridgehead atoms. The van der Waals surface area contributed by atoms with Gasteiger partial charge >= 0.3 is 6.18 Å². The van der Waals surface area contributed by atoms with E-state index in [0.29, 0.717) is 44.5 Å². The molecule has 0 aliphatic carbocycles. The van der Waals surface area contributed by atoms with Crippen LogP contribution in [-0.2, 0) is 20.9 Å². The summed E-state index contributed by atoms with van der Waals surface area (Å²) >= 11 is 0. The van der Waals surface area contributed by atoms with Crippen molar-refractivity contribution in [2.75, 3.05) is 32.8 Å². The average Bonchev–Trinajstić information content (AvgIpc) is 2.68. The van der Waals surface area contributed by atoms with Gasteiger partial charge in [-0.25, -0.2) is 17.5 Å². The van der Waals surface area contributed by atoms with Crippen LogP contribution in [0.15, 0.2) is 47.4 Å². The van der Waals surface area contributed by atoms with E-state index in [0.717, 1.165) is 11.1 Å². The molecule has 1 aliphatic heterocycles. The van der Waals surface area contributed by atoms with E-state index in [1.807, 2.05) is 36.1 Å². The summed E-state index contributed by atoms with van der Waals surface area (Å²) in [5.41, 5.74) is 0.606. The standard InChI is InChI=1S/C20H22F4N2O3S/c1-14-3-2-4-15(11-14)18(26-7-9-29-10-8-26)13-25-30(27,28)19-12-16(20(22,23)24)5-6-17(19)21/h2-6,11-12,18,25H,7-10,13H2,1H3. The predicted octanol–water partition coefficient (Wildman–Crippen LogP) is 3.50. The molecule has 1 N–H and O–H groups in total. The van der Waals surface area contributed by atoms with Gasteiger partial charge in [0.2, 0.25) is 10.0 Å². The molecule has 1 aliphatic rings. The van der Waals surface area contributed by atoms with Crippen LogP contribution in [0, 0.1) is 12.7 Å². The van der Waals surface area contributed by atoms with Gasteiger partial charge in [-0.15, -0.1) is 0 Å². The molecule has 0 amide bonds.